The largest absolute Gasteiger partial charge is 0.508 e. The number of aromatic amines is 1. The standard InChI is InChI=1S/C29H35N5O8S/c1-43-11-10-22(27(39)34-24(29(41)42)12-16-6-8-18(35)9-7-16)32-28(40)23(14-25(36)37)33-26(38)20(30)13-17-15-31-21-5-3-2-4-19(17)21/h2-9,15,20,22-24,31,35H,10-14,30H2,1H3,(H,32,40)(H,33,38)(H,34,39)(H,36,37)(H,41,42). The van der Waals surface area contributed by atoms with E-state index in [0.717, 1.165) is 16.5 Å². The number of phenols is 1. The molecule has 4 atom stereocenters. The fourth-order valence-corrected chi connectivity index (χ4v) is 4.88. The van der Waals surface area contributed by atoms with Crippen molar-refractivity contribution >= 4 is 52.3 Å². The first-order valence-electron chi connectivity index (χ1n) is 13.4. The fraction of sp³-hybridized carbons (Fsp3) is 0.345. The summed E-state index contributed by atoms with van der Waals surface area (Å²) in [5.74, 6) is -4.73. The van der Waals surface area contributed by atoms with Crippen LogP contribution in [0.25, 0.3) is 10.9 Å². The molecule has 43 heavy (non-hydrogen) atoms. The SMILES string of the molecule is CSCCC(NC(=O)C(CC(=O)O)NC(=O)C(N)Cc1c[nH]c2ccccc12)C(=O)NC(Cc1ccc(O)cc1)C(=O)O. The summed E-state index contributed by atoms with van der Waals surface area (Å²) >= 11 is 1.39. The number of aromatic nitrogens is 1. The lowest BCUT2D eigenvalue weighted by Gasteiger charge is -2.24. The molecule has 0 radical (unpaired) electrons. The molecular weight excluding hydrogens is 578 g/mol. The third-order valence-corrected chi connectivity index (χ3v) is 7.34. The maximum absolute atomic E-state index is 13.2. The number of carboxylic acids is 2. The Balaban J connectivity index is 1.69. The van der Waals surface area contributed by atoms with Crippen molar-refractivity contribution in [1.82, 2.24) is 20.9 Å². The van der Waals surface area contributed by atoms with Gasteiger partial charge in [-0.05, 0) is 54.2 Å². The first kappa shape index (κ1) is 32.9. The number of rotatable bonds is 16. The number of carbonyl (C=O) groups excluding carboxylic acids is 3. The zero-order valence-electron chi connectivity index (χ0n) is 23.4. The van der Waals surface area contributed by atoms with Crippen molar-refractivity contribution in [3.05, 3.63) is 65.9 Å². The van der Waals surface area contributed by atoms with Gasteiger partial charge in [-0.25, -0.2) is 4.79 Å². The topological polar surface area (TPSA) is 224 Å². The molecule has 0 fully saturated rings. The number of phenolic OH excluding ortho intramolecular Hbond substituents is 1. The molecule has 230 valence electrons. The molecule has 0 bridgehead atoms. The minimum Gasteiger partial charge on any atom is -0.508 e. The number of nitrogens with one attached hydrogen (secondary N) is 4. The molecule has 0 aliphatic carbocycles. The molecule has 14 heteroatoms. The van der Waals surface area contributed by atoms with Crippen LogP contribution in [0.2, 0.25) is 0 Å². The van der Waals surface area contributed by atoms with Gasteiger partial charge in [0.25, 0.3) is 0 Å². The van der Waals surface area contributed by atoms with Crippen LogP contribution in [-0.4, -0.2) is 86.1 Å². The van der Waals surface area contributed by atoms with Gasteiger partial charge >= 0.3 is 11.9 Å². The van der Waals surface area contributed by atoms with Crippen LogP contribution in [0.5, 0.6) is 5.75 Å². The molecule has 13 nitrogen and oxygen atoms in total. The number of H-pyrrole nitrogens is 1. The second-order valence-electron chi connectivity index (χ2n) is 9.94. The van der Waals surface area contributed by atoms with E-state index in [-0.39, 0.29) is 25.0 Å². The molecule has 3 amide bonds. The lowest BCUT2D eigenvalue weighted by molar-refractivity contribution is -0.143. The van der Waals surface area contributed by atoms with E-state index >= 15 is 0 Å². The summed E-state index contributed by atoms with van der Waals surface area (Å²) < 4.78 is 0. The van der Waals surface area contributed by atoms with Crippen LogP contribution in [0, 0.1) is 0 Å². The van der Waals surface area contributed by atoms with Crippen LogP contribution in [0.3, 0.4) is 0 Å². The molecular formula is C29H35N5O8S. The van der Waals surface area contributed by atoms with Crippen molar-refractivity contribution in [2.45, 2.75) is 49.9 Å². The van der Waals surface area contributed by atoms with Gasteiger partial charge in [-0.1, -0.05) is 30.3 Å². The summed E-state index contributed by atoms with van der Waals surface area (Å²) in [6, 6.07) is 8.05. The number of aromatic hydroxyl groups is 1. The van der Waals surface area contributed by atoms with Gasteiger partial charge in [0.15, 0.2) is 0 Å². The number of hydrogen-bond donors (Lipinski definition) is 8. The Hall–Kier alpha value is -4.56. The highest BCUT2D eigenvalue weighted by atomic mass is 32.2. The van der Waals surface area contributed by atoms with Crippen molar-refractivity contribution in [2.75, 3.05) is 12.0 Å². The van der Waals surface area contributed by atoms with Crippen LogP contribution in [-0.2, 0) is 36.8 Å². The quantitative estimate of drug-likeness (QED) is 0.113. The van der Waals surface area contributed by atoms with E-state index in [4.69, 9.17) is 5.73 Å². The zero-order chi connectivity index (χ0) is 31.5. The van der Waals surface area contributed by atoms with E-state index in [1.807, 2.05) is 24.3 Å². The molecule has 2 aromatic carbocycles. The average molecular weight is 614 g/mol. The van der Waals surface area contributed by atoms with Gasteiger partial charge in [0, 0.05) is 23.5 Å². The van der Waals surface area contributed by atoms with Gasteiger partial charge in [0.05, 0.1) is 12.5 Å². The predicted molar refractivity (Wildman–Crippen MR) is 160 cm³/mol. The molecule has 0 saturated heterocycles. The lowest BCUT2D eigenvalue weighted by Crippen LogP contribution is -2.58. The number of benzene rings is 2. The average Bonchev–Trinajstić information content (AvgIpc) is 3.37. The maximum Gasteiger partial charge on any atom is 0.326 e. The number of carboxylic acid groups (broad SMARTS) is 2. The number of fused-ring (bicyclic) bond motifs is 1. The summed E-state index contributed by atoms with van der Waals surface area (Å²) in [4.78, 5) is 65.8. The molecule has 0 aliphatic heterocycles. The molecule has 3 rings (SSSR count). The van der Waals surface area contributed by atoms with Crippen LogP contribution in [0.4, 0.5) is 0 Å². The molecule has 4 unspecified atom stereocenters. The van der Waals surface area contributed by atoms with Crippen LogP contribution < -0.4 is 21.7 Å². The summed E-state index contributed by atoms with van der Waals surface area (Å²) in [6.07, 6.45) is 2.87. The number of carbonyl (C=O) groups is 5. The Labute approximate surface area is 251 Å². The van der Waals surface area contributed by atoms with E-state index in [1.165, 1.54) is 36.0 Å². The predicted octanol–water partition coefficient (Wildman–Crippen LogP) is 0.753. The summed E-state index contributed by atoms with van der Waals surface area (Å²) in [6.45, 7) is 0. The smallest absolute Gasteiger partial charge is 0.326 e. The van der Waals surface area contributed by atoms with Crippen molar-refractivity contribution in [3.8, 4) is 5.75 Å². The van der Waals surface area contributed by atoms with Gasteiger partial charge < -0.3 is 42.0 Å². The Morgan fingerprint density at radius 2 is 1.49 bits per heavy atom. The Morgan fingerprint density at radius 3 is 2.14 bits per heavy atom. The van der Waals surface area contributed by atoms with Gasteiger partial charge in [-0.3, -0.25) is 19.2 Å². The normalized spacial score (nSPS) is 13.8. The number of amides is 3. The Bertz CT molecular complexity index is 1440. The second-order valence-corrected chi connectivity index (χ2v) is 10.9. The van der Waals surface area contributed by atoms with Gasteiger partial charge in [-0.2, -0.15) is 11.8 Å². The van der Waals surface area contributed by atoms with E-state index in [2.05, 4.69) is 20.9 Å². The highest BCUT2D eigenvalue weighted by Gasteiger charge is 2.31. The van der Waals surface area contributed by atoms with E-state index < -0.39 is 60.2 Å². The van der Waals surface area contributed by atoms with Crippen LogP contribution >= 0.6 is 11.8 Å². The van der Waals surface area contributed by atoms with Gasteiger partial charge in [0.2, 0.25) is 17.7 Å². The fourth-order valence-electron chi connectivity index (χ4n) is 4.41. The molecule has 0 aliphatic rings. The minimum atomic E-state index is -1.55. The van der Waals surface area contributed by atoms with Crippen molar-refractivity contribution in [3.63, 3.8) is 0 Å². The first-order valence-corrected chi connectivity index (χ1v) is 14.8. The molecule has 9 N–H and O–H groups in total. The third-order valence-electron chi connectivity index (χ3n) is 6.70. The number of thioether (sulfide) groups is 1. The summed E-state index contributed by atoms with van der Waals surface area (Å²) in [7, 11) is 0. The molecule has 3 aromatic rings. The molecule has 1 heterocycles. The summed E-state index contributed by atoms with van der Waals surface area (Å²) in [5.41, 5.74) is 8.28. The van der Waals surface area contributed by atoms with E-state index in [9.17, 15) is 39.3 Å². The number of hydrogen-bond acceptors (Lipinski definition) is 8. The first-order chi connectivity index (χ1) is 20.5. The highest BCUT2D eigenvalue weighted by molar-refractivity contribution is 7.98. The number of nitrogens with two attached hydrogens (primary N) is 1. The van der Waals surface area contributed by atoms with Crippen molar-refractivity contribution in [2.24, 2.45) is 5.73 Å². The van der Waals surface area contributed by atoms with E-state index in [1.54, 1.807) is 12.5 Å². The number of aliphatic carboxylic acids is 2. The van der Waals surface area contributed by atoms with Crippen molar-refractivity contribution in [1.29, 1.82) is 0 Å². The zero-order valence-corrected chi connectivity index (χ0v) is 24.2. The number of para-hydroxylation sites is 1. The van der Waals surface area contributed by atoms with Gasteiger partial charge in [-0.15, -0.1) is 0 Å². The monoisotopic (exact) mass is 613 g/mol. The molecule has 0 spiro atoms. The Morgan fingerprint density at radius 1 is 0.860 bits per heavy atom. The molecule has 0 saturated carbocycles. The minimum absolute atomic E-state index is 0.00132. The van der Waals surface area contributed by atoms with E-state index in [0.29, 0.717) is 11.3 Å². The summed E-state index contributed by atoms with van der Waals surface area (Å²) in [5, 5.41) is 36.7. The second kappa shape index (κ2) is 15.6. The molecule has 1 aromatic heterocycles. The highest BCUT2D eigenvalue weighted by Crippen LogP contribution is 2.19. The van der Waals surface area contributed by atoms with Crippen LogP contribution in [0.15, 0.2) is 54.7 Å². The third kappa shape index (κ3) is 9.75. The maximum atomic E-state index is 13.2. The lowest BCUT2D eigenvalue weighted by atomic mass is 10.0. The van der Waals surface area contributed by atoms with Crippen molar-refractivity contribution < 1.29 is 39.3 Å². The Kier molecular flexibility index (Phi) is 12.0. The van der Waals surface area contributed by atoms with Gasteiger partial charge in [0.1, 0.15) is 23.9 Å². The van der Waals surface area contributed by atoms with Crippen LogP contribution in [0.1, 0.15) is 24.0 Å².